The summed E-state index contributed by atoms with van der Waals surface area (Å²) in [4.78, 5) is 0. The van der Waals surface area contributed by atoms with Crippen molar-refractivity contribution in [3.8, 4) is 0 Å². The van der Waals surface area contributed by atoms with Gasteiger partial charge in [-0.2, -0.15) is 0 Å². The average molecular weight is 153 g/mol. The van der Waals surface area contributed by atoms with E-state index in [-0.39, 0.29) is 0 Å². The molecule has 0 aliphatic heterocycles. The maximum atomic E-state index is 5.25. The molecule has 4 heteroatoms. The van der Waals surface area contributed by atoms with E-state index in [1.54, 1.807) is 0 Å². The normalized spacial score (nSPS) is 16.8. The summed E-state index contributed by atoms with van der Waals surface area (Å²) in [5, 5.41) is 10.8. The first-order valence-corrected chi connectivity index (χ1v) is 3.97. The number of aromatic nitrogens is 2. The SMILES string of the molecule is CCc1nnc(NC2CC2)o1. The predicted molar refractivity (Wildman–Crippen MR) is 40.3 cm³/mol. The van der Waals surface area contributed by atoms with E-state index in [1.165, 1.54) is 12.8 Å². The van der Waals surface area contributed by atoms with Crippen molar-refractivity contribution in [3.05, 3.63) is 5.89 Å². The van der Waals surface area contributed by atoms with Gasteiger partial charge in [0.2, 0.25) is 5.89 Å². The summed E-state index contributed by atoms with van der Waals surface area (Å²) in [6, 6.07) is 1.16. The molecule has 0 atom stereocenters. The van der Waals surface area contributed by atoms with E-state index in [0.717, 1.165) is 6.42 Å². The summed E-state index contributed by atoms with van der Waals surface area (Å²) in [5.41, 5.74) is 0. The minimum Gasteiger partial charge on any atom is -0.408 e. The zero-order chi connectivity index (χ0) is 7.68. The molecule has 0 unspecified atom stereocenters. The highest BCUT2D eigenvalue weighted by Crippen LogP contribution is 2.23. The van der Waals surface area contributed by atoms with E-state index in [4.69, 9.17) is 4.42 Å². The minimum atomic E-state index is 0.573. The molecule has 60 valence electrons. The van der Waals surface area contributed by atoms with Crippen molar-refractivity contribution in [2.45, 2.75) is 32.2 Å². The third-order valence-corrected chi connectivity index (χ3v) is 1.67. The van der Waals surface area contributed by atoms with Crippen LogP contribution in [0, 0.1) is 0 Å². The highest BCUT2D eigenvalue weighted by molar-refractivity contribution is 5.22. The number of rotatable bonds is 3. The number of anilines is 1. The number of hydrogen-bond acceptors (Lipinski definition) is 4. The first-order valence-electron chi connectivity index (χ1n) is 3.97. The summed E-state index contributed by atoms with van der Waals surface area (Å²) < 4.78 is 5.25. The van der Waals surface area contributed by atoms with Gasteiger partial charge < -0.3 is 9.73 Å². The van der Waals surface area contributed by atoms with Crippen LogP contribution in [0.4, 0.5) is 6.01 Å². The van der Waals surface area contributed by atoms with Crippen LogP contribution >= 0.6 is 0 Å². The van der Waals surface area contributed by atoms with E-state index in [1.807, 2.05) is 6.92 Å². The van der Waals surface area contributed by atoms with Crippen molar-refractivity contribution in [2.75, 3.05) is 5.32 Å². The molecule has 0 radical (unpaired) electrons. The Balaban J connectivity index is 1.99. The van der Waals surface area contributed by atoms with Crippen LogP contribution in [-0.4, -0.2) is 16.2 Å². The number of nitrogens with zero attached hydrogens (tertiary/aromatic N) is 2. The van der Waals surface area contributed by atoms with Crippen molar-refractivity contribution < 1.29 is 4.42 Å². The van der Waals surface area contributed by atoms with Gasteiger partial charge >= 0.3 is 6.01 Å². The maximum Gasteiger partial charge on any atom is 0.315 e. The zero-order valence-electron chi connectivity index (χ0n) is 6.50. The van der Waals surface area contributed by atoms with Gasteiger partial charge in [-0.3, -0.25) is 0 Å². The molecule has 1 aliphatic carbocycles. The standard InChI is InChI=1S/C7H11N3O/c1-2-6-9-10-7(11-6)8-5-3-4-5/h5H,2-4H2,1H3,(H,8,10). The molecule has 1 N–H and O–H groups in total. The predicted octanol–water partition coefficient (Wildman–Crippen LogP) is 1.21. The fourth-order valence-electron chi connectivity index (χ4n) is 0.857. The van der Waals surface area contributed by atoms with Crippen LogP contribution in [0.25, 0.3) is 0 Å². The van der Waals surface area contributed by atoms with Gasteiger partial charge in [-0.15, -0.1) is 5.10 Å². The molecule has 0 aromatic carbocycles. The van der Waals surface area contributed by atoms with Crippen molar-refractivity contribution in [1.82, 2.24) is 10.2 Å². The average Bonchev–Trinajstić information content (AvgIpc) is 2.68. The Hall–Kier alpha value is -1.06. The molecule has 0 bridgehead atoms. The van der Waals surface area contributed by atoms with Crippen LogP contribution in [0.1, 0.15) is 25.7 Å². The van der Waals surface area contributed by atoms with E-state index < -0.39 is 0 Å². The summed E-state index contributed by atoms with van der Waals surface area (Å²) in [7, 11) is 0. The fourth-order valence-corrected chi connectivity index (χ4v) is 0.857. The quantitative estimate of drug-likeness (QED) is 0.709. The van der Waals surface area contributed by atoms with Crippen molar-refractivity contribution in [2.24, 2.45) is 0 Å². The van der Waals surface area contributed by atoms with Crippen LogP contribution in [0.15, 0.2) is 4.42 Å². The Labute approximate surface area is 65.0 Å². The smallest absolute Gasteiger partial charge is 0.315 e. The molecule has 4 nitrogen and oxygen atoms in total. The third-order valence-electron chi connectivity index (χ3n) is 1.67. The lowest BCUT2D eigenvalue weighted by Gasteiger charge is -1.93. The Bertz CT molecular complexity index is 242. The van der Waals surface area contributed by atoms with Gasteiger partial charge in [0.1, 0.15) is 0 Å². The molecular formula is C7H11N3O. The Morgan fingerprint density at radius 2 is 2.36 bits per heavy atom. The second-order valence-electron chi connectivity index (χ2n) is 2.77. The summed E-state index contributed by atoms with van der Waals surface area (Å²) in [6.07, 6.45) is 3.26. The second kappa shape index (κ2) is 2.53. The molecule has 1 heterocycles. The largest absolute Gasteiger partial charge is 0.408 e. The van der Waals surface area contributed by atoms with Gasteiger partial charge in [0.15, 0.2) is 0 Å². The molecule has 1 aliphatic rings. The molecule has 11 heavy (non-hydrogen) atoms. The Morgan fingerprint density at radius 3 is 2.91 bits per heavy atom. The van der Waals surface area contributed by atoms with E-state index in [0.29, 0.717) is 17.9 Å². The van der Waals surface area contributed by atoms with E-state index >= 15 is 0 Å². The minimum absolute atomic E-state index is 0.573. The summed E-state index contributed by atoms with van der Waals surface area (Å²) in [6.45, 7) is 1.99. The second-order valence-corrected chi connectivity index (χ2v) is 2.77. The highest BCUT2D eigenvalue weighted by atomic mass is 16.4. The highest BCUT2D eigenvalue weighted by Gasteiger charge is 2.22. The van der Waals surface area contributed by atoms with Crippen LogP contribution in [0.3, 0.4) is 0 Å². The van der Waals surface area contributed by atoms with Gasteiger partial charge in [0.05, 0.1) is 0 Å². The lowest BCUT2D eigenvalue weighted by molar-refractivity contribution is 0.511. The first-order chi connectivity index (χ1) is 5.38. The molecule has 1 saturated carbocycles. The molecule has 1 fully saturated rings. The van der Waals surface area contributed by atoms with E-state index in [2.05, 4.69) is 15.5 Å². The van der Waals surface area contributed by atoms with Crippen LogP contribution in [-0.2, 0) is 6.42 Å². The zero-order valence-corrected chi connectivity index (χ0v) is 6.50. The van der Waals surface area contributed by atoms with Crippen molar-refractivity contribution in [1.29, 1.82) is 0 Å². The number of hydrogen-bond donors (Lipinski definition) is 1. The monoisotopic (exact) mass is 153 g/mol. The number of aryl methyl sites for hydroxylation is 1. The molecule has 1 aromatic rings. The Morgan fingerprint density at radius 1 is 1.55 bits per heavy atom. The van der Waals surface area contributed by atoms with Crippen LogP contribution < -0.4 is 5.32 Å². The van der Waals surface area contributed by atoms with Gasteiger partial charge in [0, 0.05) is 12.5 Å². The summed E-state index contributed by atoms with van der Waals surface area (Å²) >= 11 is 0. The van der Waals surface area contributed by atoms with Crippen molar-refractivity contribution in [3.63, 3.8) is 0 Å². The van der Waals surface area contributed by atoms with Crippen LogP contribution in [0.2, 0.25) is 0 Å². The molecule has 0 amide bonds. The molecule has 1 aromatic heterocycles. The van der Waals surface area contributed by atoms with Crippen molar-refractivity contribution >= 4 is 6.01 Å². The molecular weight excluding hydrogens is 142 g/mol. The van der Waals surface area contributed by atoms with Crippen LogP contribution in [0.5, 0.6) is 0 Å². The lowest BCUT2D eigenvalue weighted by atomic mass is 10.5. The van der Waals surface area contributed by atoms with Gasteiger partial charge in [-0.05, 0) is 12.8 Å². The molecule has 0 saturated heterocycles. The first kappa shape index (κ1) is 6.64. The topological polar surface area (TPSA) is 51.0 Å². The lowest BCUT2D eigenvalue weighted by Crippen LogP contribution is -2.00. The Kier molecular flexibility index (Phi) is 1.52. The van der Waals surface area contributed by atoms with Gasteiger partial charge in [0.25, 0.3) is 0 Å². The number of nitrogens with one attached hydrogen (secondary N) is 1. The summed E-state index contributed by atoms with van der Waals surface area (Å²) in [5.74, 6) is 0.702. The molecule has 0 spiro atoms. The fraction of sp³-hybridized carbons (Fsp3) is 0.714. The van der Waals surface area contributed by atoms with Gasteiger partial charge in [-0.1, -0.05) is 12.0 Å². The molecule has 2 rings (SSSR count). The third kappa shape index (κ3) is 1.50. The maximum absolute atomic E-state index is 5.25. The van der Waals surface area contributed by atoms with E-state index in [9.17, 15) is 0 Å². The van der Waals surface area contributed by atoms with Gasteiger partial charge in [-0.25, -0.2) is 0 Å².